The summed E-state index contributed by atoms with van der Waals surface area (Å²) < 4.78 is 10.3. The van der Waals surface area contributed by atoms with Crippen molar-refractivity contribution >= 4 is 17.7 Å². The van der Waals surface area contributed by atoms with Gasteiger partial charge in [-0.3, -0.25) is 9.59 Å². The molecule has 2 aromatic carbocycles. The van der Waals surface area contributed by atoms with E-state index in [0.717, 1.165) is 11.1 Å². The Balaban J connectivity index is 1.86. The van der Waals surface area contributed by atoms with Crippen molar-refractivity contribution in [2.75, 3.05) is 6.79 Å². The molecule has 0 aliphatic heterocycles. The fraction of sp³-hybridized carbons (Fsp3) is 0.375. The van der Waals surface area contributed by atoms with Crippen LogP contribution in [0, 0.1) is 11.8 Å². The fourth-order valence-corrected chi connectivity index (χ4v) is 3.16. The molecular formula is C24H28O5. The molecular weight excluding hydrogens is 368 g/mol. The van der Waals surface area contributed by atoms with Crippen LogP contribution in [0.15, 0.2) is 60.7 Å². The summed E-state index contributed by atoms with van der Waals surface area (Å²) in [7, 11) is 0. The maximum Gasteiger partial charge on any atom is 0.312 e. The van der Waals surface area contributed by atoms with Gasteiger partial charge >= 0.3 is 11.9 Å². The number of Topliss-reactive ketones (excluding diaryl/α,β-unsaturated/α-hetero) is 1. The van der Waals surface area contributed by atoms with E-state index in [1.165, 1.54) is 6.92 Å². The van der Waals surface area contributed by atoms with Crippen LogP contribution in [0.2, 0.25) is 0 Å². The van der Waals surface area contributed by atoms with E-state index in [9.17, 15) is 14.4 Å². The van der Waals surface area contributed by atoms with E-state index in [-0.39, 0.29) is 18.1 Å². The second-order valence-electron chi connectivity index (χ2n) is 7.13. The first-order valence-electron chi connectivity index (χ1n) is 9.90. The van der Waals surface area contributed by atoms with Crippen LogP contribution in [0.4, 0.5) is 0 Å². The first-order valence-corrected chi connectivity index (χ1v) is 9.90. The molecule has 2 atom stereocenters. The van der Waals surface area contributed by atoms with Gasteiger partial charge in [-0.1, -0.05) is 67.6 Å². The summed E-state index contributed by atoms with van der Waals surface area (Å²) >= 11 is 0. The Morgan fingerprint density at radius 3 is 1.66 bits per heavy atom. The molecule has 154 valence electrons. The van der Waals surface area contributed by atoms with Crippen molar-refractivity contribution in [2.24, 2.45) is 11.8 Å². The predicted octanol–water partition coefficient (Wildman–Crippen LogP) is 4.14. The molecule has 0 bridgehead atoms. The van der Waals surface area contributed by atoms with E-state index in [1.54, 1.807) is 0 Å². The highest BCUT2D eigenvalue weighted by Crippen LogP contribution is 2.16. The van der Waals surface area contributed by atoms with Gasteiger partial charge in [-0.15, -0.1) is 0 Å². The van der Waals surface area contributed by atoms with Crippen molar-refractivity contribution in [3.63, 3.8) is 0 Å². The molecule has 0 radical (unpaired) electrons. The number of ketones is 1. The van der Waals surface area contributed by atoms with Gasteiger partial charge in [0, 0.05) is 6.42 Å². The van der Waals surface area contributed by atoms with Crippen molar-refractivity contribution in [3.05, 3.63) is 71.8 Å². The van der Waals surface area contributed by atoms with Crippen molar-refractivity contribution in [1.29, 1.82) is 0 Å². The maximum atomic E-state index is 12.4. The van der Waals surface area contributed by atoms with E-state index in [1.807, 2.05) is 67.6 Å². The largest absolute Gasteiger partial charge is 0.428 e. The number of carbonyl (C=O) groups is 3. The van der Waals surface area contributed by atoms with Gasteiger partial charge in [0.15, 0.2) is 0 Å². The van der Waals surface area contributed by atoms with Crippen LogP contribution in [0.25, 0.3) is 0 Å². The zero-order valence-electron chi connectivity index (χ0n) is 17.0. The molecule has 0 N–H and O–H groups in total. The van der Waals surface area contributed by atoms with Gasteiger partial charge in [-0.05, 0) is 37.3 Å². The monoisotopic (exact) mass is 396 g/mol. The minimum Gasteiger partial charge on any atom is -0.428 e. The SMILES string of the molecule is CCC(Cc1ccccc1)C(=O)OCOC(=O)C(CC(C)=O)Cc1ccccc1. The van der Waals surface area contributed by atoms with E-state index in [0.29, 0.717) is 19.3 Å². The smallest absolute Gasteiger partial charge is 0.312 e. The Labute approximate surface area is 172 Å². The molecule has 5 nitrogen and oxygen atoms in total. The lowest BCUT2D eigenvalue weighted by molar-refractivity contribution is -0.173. The Morgan fingerprint density at radius 1 is 0.759 bits per heavy atom. The summed E-state index contributed by atoms with van der Waals surface area (Å²) in [6.45, 7) is 2.93. The average molecular weight is 396 g/mol. The highest BCUT2D eigenvalue weighted by atomic mass is 16.7. The van der Waals surface area contributed by atoms with Gasteiger partial charge in [-0.2, -0.15) is 0 Å². The van der Waals surface area contributed by atoms with E-state index in [4.69, 9.17) is 9.47 Å². The molecule has 0 aliphatic carbocycles. The number of carbonyl (C=O) groups excluding carboxylic acids is 3. The van der Waals surface area contributed by atoms with Gasteiger partial charge in [0.25, 0.3) is 0 Å². The molecule has 0 amide bonds. The Kier molecular flexibility index (Phi) is 9.09. The molecule has 0 fully saturated rings. The van der Waals surface area contributed by atoms with E-state index < -0.39 is 24.6 Å². The first-order chi connectivity index (χ1) is 14.0. The summed E-state index contributed by atoms with van der Waals surface area (Å²) in [6.07, 6.45) is 1.69. The number of rotatable bonds is 11. The van der Waals surface area contributed by atoms with Gasteiger partial charge in [-0.25, -0.2) is 0 Å². The van der Waals surface area contributed by atoms with Crippen LogP contribution in [0.3, 0.4) is 0 Å². The lowest BCUT2D eigenvalue weighted by atomic mass is 9.95. The van der Waals surface area contributed by atoms with Gasteiger partial charge in [0.05, 0.1) is 11.8 Å². The normalized spacial score (nSPS) is 12.6. The third-order valence-electron chi connectivity index (χ3n) is 4.75. The Hall–Kier alpha value is -2.95. The van der Waals surface area contributed by atoms with Crippen molar-refractivity contribution in [1.82, 2.24) is 0 Å². The maximum absolute atomic E-state index is 12.4. The zero-order valence-corrected chi connectivity index (χ0v) is 17.0. The Bertz CT molecular complexity index is 785. The van der Waals surface area contributed by atoms with Crippen LogP contribution < -0.4 is 0 Å². The molecule has 2 unspecified atom stereocenters. The molecule has 0 spiro atoms. The minimum absolute atomic E-state index is 0.0891. The molecule has 2 aromatic rings. The second kappa shape index (κ2) is 11.8. The number of hydrogen-bond acceptors (Lipinski definition) is 5. The Morgan fingerprint density at radius 2 is 1.21 bits per heavy atom. The van der Waals surface area contributed by atoms with Crippen molar-refractivity contribution < 1.29 is 23.9 Å². The molecule has 0 heterocycles. The third kappa shape index (κ3) is 7.90. The number of hydrogen-bond donors (Lipinski definition) is 0. The molecule has 0 saturated heterocycles. The lowest BCUT2D eigenvalue weighted by Gasteiger charge is -2.17. The third-order valence-corrected chi connectivity index (χ3v) is 4.75. The zero-order chi connectivity index (χ0) is 21.1. The van der Waals surface area contributed by atoms with E-state index >= 15 is 0 Å². The molecule has 0 aliphatic rings. The lowest BCUT2D eigenvalue weighted by Crippen LogP contribution is -2.26. The summed E-state index contributed by atoms with van der Waals surface area (Å²) in [5, 5.41) is 0. The van der Waals surface area contributed by atoms with Crippen molar-refractivity contribution in [3.8, 4) is 0 Å². The first kappa shape index (κ1) is 22.3. The number of esters is 2. The topological polar surface area (TPSA) is 69.7 Å². The summed E-state index contributed by atoms with van der Waals surface area (Å²) in [6, 6.07) is 19.2. The highest BCUT2D eigenvalue weighted by Gasteiger charge is 2.24. The van der Waals surface area contributed by atoms with Gasteiger partial charge < -0.3 is 14.3 Å². The minimum atomic E-state index is -0.597. The molecule has 0 saturated carbocycles. The van der Waals surface area contributed by atoms with Crippen LogP contribution in [0.1, 0.15) is 37.8 Å². The quantitative estimate of drug-likeness (QED) is 0.422. The van der Waals surface area contributed by atoms with Gasteiger partial charge in [0.1, 0.15) is 5.78 Å². The molecule has 5 heteroatoms. The summed E-state index contributed by atoms with van der Waals surface area (Å²) in [4.78, 5) is 36.3. The fourth-order valence-electron chi connectivity index (χ4n) is 3.16. The molecule has 29 heavy (non-hydrogen) atoms. The summed E-state index contributed by atoms with van der Waals surface area (Å²) in [5.74, 6) is -1.91. The highest BCUT2D eigenvalue weighted by molar-refractivity contribution is 5.83. The molecule has 2 rings (SSSR count). The summed E-state index contributed by atoms with van der Waals surface area (Å²) in [5.41, 5.74) is 2.00. The van der Waals surface area contributed by atoms with Crippen LogP contribution in [-0.2, 0) is 36.7 Å². The number of ether oxygens (including phenoxy) is 2. The second-order valence-corrected chi connectivity index (χ2v) is 7.13. The van der Waals surface area contributed by atoms with Gasteiger partial charge in [0.2, 0.25) is 6.79 Å². The van der Waals surface area contributed by atoms with E-state index in [2.05, 4.69) is 0 Å². The van der Waals surface area contributed by atoms with Crippen LogP contribution >= 0.6 is 0 Å². The molecule has 0 aromatic heterocycles. The average Bonchev–Trinajstić information content (AvgIpc) is 2.72. The van der Waals surface area contributed by atoms with Crippen LogP contribution in [0.5, 0.6) is 0 Å². The standard InChI is InChI=1S/C24H28O5/c1-3-21(15-19-10-6-4-7-11-19)23(26)28-17-29-24(27)22(14-18(2)25)16-20-12-8-5-9-13-20/h4-13,21-22H,3,14-17H2,1-2H3. The predicted molar refractivity (Wildman–Crippen MR) is 110 cm³/mol. The number of benzene rings is 2. The van der Waals surface area contributed by atoms with Crippen molar-refractivity contribution in [2.45, 2.75) is 39.5 Å². The van der Waals surface area contributed by atoms with Crippen LogP contribution in [-0.4, -0.2) is 24.5 Å².